The monoisotopic (exact) mass is 233 g/mol. The lowest BCUT2D eigenvalue weighted by atomic mass is 9.74. The molecule has 0 amide bonds. The van der Waals surface area contributed by atoms with E-state index in [1.165, 1.54) is 16.7 Å². The fourth-order valence-electron chi connectivity index (χ4n) is 2.95. The van der Waals surface area contributed by atoms with Crippen molar-refractivity contribution in [1.29, 1.82) is 0 Å². The molecular weight excluding hydrogens is 210 g/mol. The molecule has 0 aromatic heterocycles. The molecular formula is C15H23NO. The highest BCUT2D eigenvalue weighted by Crippen LogP contribution is 2.32. The first-order chi connectivity index (χ1) is 8.13. The fourth-order valence-corrected chi connectivity index (χ4v) is 2.95. The molecule has 17 heavy (non-hydrogen) atoms. The van der Waals surface area contributed by atoms with Gasteiger partial charge < -0.3 is 10.4 Å². The van der Waals surface area contributed by atoms with Gasteiger partial charge in [-0.15, -0.1) is 0 Å². The molecule has 94 valence electrons. The zero-order chi connectivity index (χ0) is 12.3. The summed E-state index contributed by atoms with van der Waals surface area (Å²) >= 11 is 0. The minimum absolute atomic E-state index is 0.103. The maximum Gasteiger partial charge on any atom is 0.0491 e. The summed E-state index contributed by atoms with van der Waals surface area (Å²) in [6.07, 6.45) is 3.17. The summed E-state index contributed by atoms with van der Waals surface area (Å²) in [4.78, 5) is 0. The number of nitrogens with one attached hydrogen (secondary N) is 1. The Morgan fingerprint density at radius 2 is 1.71 bits per heavy atom. The molecule has 0 unspecified atom stereocenters. The molecule has 0 spiro atoms. The first-order valence-corrected chi connectivity index (χ1v) is 6.52. The molecule has 1 fully saturated rings. The predicted octanol–water partition coefficient (Wildman–Crippen LogP) is 2.21. The van der Waals surface area contributed by atoms with Gasteiger partial charge in [-0.1, -0.05) is 29.3 Å². The highest BCUT2D eigenvalue weighted by molar-refractivity contribution is 5.29. The highest BCUT2D eigenvalue weighted by atomic mass is 16.3. The Balaban J connectivity index is 2.17. The number of piperidine rings is 1. The van der Waals surface area contributed by atoms with E-state index in [1.54, 1.807) is 0 Å². The van der Waals surface area contributed by atoms with Gasteiger partial charge in [0.1, 0.15) is 0 Å². The second-order valence-electron chi connectivity index (χ2n) is 5.58. The second-order valence-corrected chi connectivity index (χ2v) is 5.58. The quantitative estimate of drug-likeness (QED) is 0.839. The van der Waals surface area contributed by atoms with Crippen LogP contribution >= 0.6 is 0 Å². The van der Waals surface area contributed by atoms with E-state index >= 15 is 0 Å². The number of aliphatic hydroxyl groups excluding tert-OH is 1. The van der Waals surface area contributed by atoms with E-state index in [9.17, 15) is 5.11 Å². The van der Waals surface area contributed by atoms with Crippen LogP contribution in [0.4, 0.5) is 0 Å². The lowest BCUT2D eigenvalue weighted by Gasteiger charge is -2.36. The van der Waals surface area contributed by atoms with Gasteiger partial charge in [-0.25, -0.2) is 0 Å². The molecule has 0 atom stereocenters. The van der Waals surface area contributed by atoms with Crippen LogP contribution in [0.1, 0.15) is 29.5 Å². The highest BCUT2D eigenvalue weighted by Gasteiger charge is 2.31. The smallest absolute Gasteiger partial charge is 0.0491 e. The Morgan fingerprint density at radius 3 is 2.24 bits per heavy atom. The average molecular weight is 233 g/mol. The summed E-state index contributed by atoms with van der Waals surface area (Å²) in [7, 11) is 0. The van der Waals surface area contributed by atoms with Crippen LogP contribution in [-0.2, 0) is 6.42 Å². The largest absolute Gasteiger partial charge is 0.396 e. The molecule has 2 nitrogen and oxygen atoms in total. The van der Waals surface area contributed by atoms with Gasteiger partial charge in [-0.2, -0.15) is 0 Å². The van der Waals surface area contributed by atoms with Gasteiger partial charge in [0.05, 0.1) is 0 Å². The van der Waals surface area contributed by atoms with Crippen molar-refractivity contribution in [3.63, 3.8) is 0 Å². The van der Waals surface area contributed by atoms with E-state index in [2.05, 4.69) is 37.4 Å². The van der Waals surface area contributed by atoms with Crippen molar-refractivity contribution < 1.29 is 5.11 Å². The van der Waals surface area contributed by atoms with Crippen LogP contribution in [0, 0.1) is 19.3 Å². The Morgan fingerprint density at radius 1 is 1.12 bits per heavy atom. The van der Waals surface area contributed by atoms with Gasteiger partial charge in [-0.3, -0.25) is 0 Å². The second kappa shape index (κ2) is 5.19. The number of aryl methyl sites for hydroxylation is 2. The predicted molar refractivity (Wildman–Crippen MR) is 71.2 cm³/mol. The van der Waals surface area contributed by atoms with Crippen LogP contribution in [0.15, 0.2) is 18.2 Å². The van der Waals surface area contributed by atoms with E-state index in [4.69, 9.17) is 0 Å². The lowest BCUT2D eigenvalue weighted by Crippen LogP contribution is -2.40. The lowest BCUT2D eigenvalue weighted by molar-refractivity contribution is 0.0893. The maximum atomic E-state index is 9.71. The summed E-state index contributed by atoms with van der Waals surface area (Å²) in [5.74, 6) is 0. The van der Waals surface area contributed by atoms with E-state index in [0.29, 0.717) is 6.61 Å². The Kier molecular flexibility index (Phi) is 3.85. The van der Waals surface area contributed by atoms with Gasteiger partial charge in [0.25, 0.3) is 0 Å². The summed E-state index contributed by atoms with van der Waals surface area (Å²) in [5, 5.41) is 13.1. The Labute approximate surface area is 104 Å². The number of benzene rings is 1. The molecule has 1 heterocycles. The standard InChI is InChI=1S/C15H23NO/c1-12-7-13(2)9-14(8-12)10-15(11-17)3-5-16-6-4-15/h7-9,16-17H,3-6,10-11H2,1-2H3. The molecule has 0 radical (unpaired) electrons. The number of rotatable bonds is 3. The molecule has 1 saturated heterocycles. The van der Waals surface area contributed by atoms with Crippen molar-refractivity contribution in [2.75, 3.05) is 19.7 Å². The van der Waals surface area contributed by atoms with Crippen LogP contribution in [-0.4, -0.2) is 24.8 Å². The van der Waals surface area contributed by atoms with Crippen LogP contribution in [0.5, 0.6) is 0 Å². The summed E-state index contributed by atoms with van der Waals surface area (Å²) in [6, 6.07) is 6.72. The van der Waals surface area contributed by atoms with Crippen LogP contribution < -0.4 is 5.32 Å². The number of hydrogen-bond acceptors (Lipinski definition) is 2. The minimum atomic E-state index is 0.103. The summed E-state index contributed by atoms with van der Waals surface area (Å²) in [6.45, 7) is 6.66. The Hall–Kier alpha value is -0.860. The van der Waals surface area contributed by atoms with Gasteiger partial charge in [0, 0.05) is 6.61 Å². The van der Waals surface area contributed by atoms with E-state index < -0.39 is 0 Å². The van der Waals surface area contributed by atoms with Crippen molar-refractivity contribution >= 4 is 0 Å². The van der Waals surface area contributed by atoms with Crippen LogP contribution in [0.3, 0.4) is 0 Å². The molecule has 1 aromatic carbocycles. The molecule has 2 rings (SSSR count). The number of hydrogen-bond donors (Lipinski definition) is 2. The third-order valence-electron chi connectivity index (χ3n) is 3.86. The number of aliphatic hydroxyl groups is 1. The zero-order valence-electron chi connectivity index (χ0n) is 10.9. The van der Waals surface area contributed by atoms with Crippen molar-refractivity contribution in [3.05, 3.63) is 34.9 Å². The van der Waals surface area contributed by atoms with Crippen molar-refractivity contribution in [3.8, 4) is 0 Å². The van der Waals surface area contributed by atoms with Crippen LogP contribution in [0.25, 0.3) is 0 Å². The molecule has 1 aromatic rings. The SMILES string of the molecule is Cc1cc(C)cc(CC2(CO)CCNCC2)c1. The summed E-state index contributed by atoms with van der Waals surface area (Å²) in [5.41, 5.74) is 4.12. The summed E-state index contributed by atoms with van der Waals surface area (Å²) < 4.78 is 0. The van der Waals surface area contributed by atoms with Gasteiger partial charge in [0.15, 0.2) is 0 Å². The normalized spacial score (nSPS) is 19.2. The zero-order valence-corrected chi connectivity index (χ0v) is 10.9. The van der Waals surface area contributed by atoms with Crippen molar-refractivity contribution in [2.45, 2.75) is 33.1 Å². The molecule has 1 aliphatic rings. The van der Waals surface area contributed by atoms with E-state index in [0.717, 1.165) is 32.4 Å². The van der Waals surface area contributed by atoms with E-state index in [1.807, 2.05) is 0 Å². The first-order valence-electron chi connectivity index (χ1n) is 6.52. The van der Waals surface area contributed by atoms with Crippen molar-refractivity contribution in [1.82, 2.24) is 5.32 Å². The minimum Gasteiger partial charge on any atom is -0.396 e. The van der Waals surface area contributed by atoms with Crippen LogP contribution in [0.2, 0.25) is 0 Å². The third-order valence-corrected chi connectivity index (χ3v) is 3.86. The van der Waals surface area contributed by atoms with E-state index in [-0.39, 0.29) is 5.41 Å². The van der Waals surface area contributed by atoms with Gasteiger partial charge in [-0.05, 0) is 57.2 Å². The topological polar surface area (TPSA) is 32.3 Å². The van der Waals surface area contributed by atoms with Gasteiger partial charge >= 0.3 is 0 Å². The molecule has 1 aliphatic heterocycles. The first kappa shape index (κ1) is 12.6. The molecule has 0 aliphatic carbocycles. The third kappa shape index (κ3) is 3.08. The Bertz CT molecular complexity index is 360. The fraction of sp³-hybridized carbons (Fsp3) is 0.600. The maximum absolute atomic E-state index is 9.71. The molecule has 2 heteroatoms. The molecule has 0 saturated carbocycles. The van der Waals surface area contributed by atoms with Crippen molar-refractivity contribution in [2.24, 2.45) is 5.41 Å². The average Bonchev–Trinajstić information content (AvgIpc) is 2.29. The molecule has 0 bridgehead atoms. The molecule has 2 N–H and O–H groups in total. The van der Waals surface area contributed by atoms with Gasteiger partial charge in [0.2, 0.25) is 0 Å².